The first-order valence-corrected chi connectivity index (χ1v) is 4.21. The van der Waals surface area contributed by atoms with E-state index in [-0.39, 0.29) is 0 Å². The lowest BCUT2D eigenvalue weighted by atomic mass is 10.3. The third-order valence-corrected chi connectivity index (χ3v) is 2.11. The van der Waals surface area contributed by atoms with Gasteiger partial charge >= 0.3 is 0 Å². The zero-order chi connectivity index (χ0) is 6.81. The van der Waals surface area contributed by atoms with E-state index in [1.165, 1.54) is 5.56 Å². The predicted octanol–water partition coefficient (Wildman–Crippen LogP) is 2.16. The highest BCUT2D eigenvalue weighted by Crippen LogP contribution is 2.14. The molecule has 1 aliphatic heterocycles. The Bertz CT molecular complexity index is 221. The van der Waals surface area contributed by atoms with Gasteiger partial charge in [-0.25, -0.2) is 0 Å². The number of hydrogen-bond donors (Lipinski definition) is 0. The molecule has 1 atom stereocenters. The summed E-state index contributed by atoms with van der Waals surface area (Å²) < 4.78 is 5.02. The lowest BCUT2D eigenvalue weighted by Crippen LogP contribution is -1.71. The van der Waals surface area contributed by atoms with Crippen molar-refractivity contribution in [2.24, 2.45) is 0 Å². The Morgan fingerprint density at radius 3 is 3.20 bits per heavy atom. The Hall–Kier alpha value is -0.600. The maximum atomic E-state index is 5.02. The third kappa shape index (κ3) is 1.46. The van der Waals surface area contributed by atoms with Crippen molar-refractivity contribution in [2.45, 2.75) is 6.10 Å². The zero-order valence-corrected chi connectivity index (χ0v) is 6.30. The quantitative estimate of drug-likeness (QED) is 0.591. The summed E-state index contributed by atoms with van der Waals surface area (Å²) in [5.74, 6) is 0. The van der Waals surface area contributed by atoms with Crippen LogP contribution in [0.1, 0.15) is 5.56 Å². The summed E-state index contributed by atoms with van der Waals surface area (Å²) >= 11 is 1.72. The first-order chi connectivity index (χ1) is 4.95. The van der Waals surface area contributed by atoms with Crippen LogP contribution in [0.3, 0.4) is 0 Å². The fourth-order valence-electron chi connectivity index (χ4n) is 0.755. The van der Waals surface area contributed by atoms with Gasteiger partial charge in [-0.15, -0.1) is 0 Å². The maximum absolute atomic E-state index is 5.02. The lowest BCUT2D eigenvalue weighted by molar-refractivity contribution is 0.440. The Balaban J connectivity index is 2.01. The summed E-state index contributed by atoms with van der Waals surface area (Å²) in [5, 5.41) is 4.20. The van der Waals surface area contributed by atoms with Crippen molar-refractivity contribution in [3.8, 4) is 0 Å². The van der Waals surface area contributed by atoms with Crippen molar-refractivity contribution in [3.63, 3.8) is 0 Å². The van der Waals surface area contributed by atoms with E-state index in [9.17, 15) is 0 Å². The fourth-order valence-corrected chi connectivity index (χ4v) is 1.38. The van der Waals surface area contributed by atoms with E-state index in [4.69, 9.17) is 4.74 Å². The van der Waals surface area contributed by atoms with Crippen molar-refractivity contribution in [1.82, 2.24) is 0 Å². The van der Waals surface area contributed by atoms with Crippen LogP contribution in [-0.4, -0.2) is 12.7 Å². The zero-order valence-electron chi connectivity index (χ0n) is 5.49. The summed E-state index contributed by atoms with van der Waals surface area (Å²) in [7, 11) is 0. The van der Waals surface area contributed by atoms with Crippen LogP contribution < -0.4 is 0 Å². The molecule has 1 nitrogen and oxygen atoms in total. The van der Waals surface area contributed by atoms with Crippen LogP contribution in [0.15, 0.2) is 22.9 Å². The lowest BCUT2D eigenvalue weighted by Gasteiger charge is -1.79. The minimum Gasteiger partial charge on any atom is -0.369 e. The smallest absolute Gasteiger partial charge is 0.0994 e. The van der Waals surface area contributed by atoms with Crippen LogP contribution in [0, 0.1) is 0 Å². The van der Waals surface area contributed by atoms with Crippen molar-refractivity contribution >= 4 is 17.4 Å². The van der Waals surface area contributed by atoms with Crippen molar-refractivity contribution in [3.05, 3.63) is 28.5 Å². The Kier molecular flexibility index (Phi) is 1.57. The van der Waals surface area contributed by atoms with Gasteiger partial charge < -0.3 is 4.74 Å². The largest absolute Gasteiger partial charge is 0.369 e. The molecule has 1 unspecified atom stereocenters. The molecule has 1 saturated heterocycles. The molecule has 0 aromatic carbocycles. The summed E-state index contributed by atoms with van der Waals surface area (Å²) in [6, 6.07) is 2.10. The number of ether oxygens (including phenoxy) is 1. The molecule has 0 saturated carbocycles. The molecule has 0 radical (unpaired) electrons. The van der Waals surface area contributed by atoms with Crippen LogP contribution in [0.2, 0.25) is 0 Å². The maximum Gasteiger partial charge on any atom is 0.0994 e. The molecule has 2 heteroatoms. The van der Waals surface area contributed by atoms with Gasteiger partial charge in [0.1, 0.15) is 0 Å². The molecule has 10 heavy (non-hydrogen) atoms. The molecule has 1 aromatic heterocycles. The highest BCUT2D eigenvalue weighted by Gasteiger charge is 2.17. The molecular formula is C8H8OS. The predicted molar refractivity (Wildman–Crippen MR) is 43.1 cm³/mol. The van der Waals surface area contributed by atoms with E-state index in [0.717, 1.165) is 6.61 Å². The van der Waals surface area contributed by atoms with Gasteiger partial charge in [0, 0.05) is 0 Å². The molecular weight excluding hydrogens is 144 g/mol. The molecule has 0 aliphatic carbocycles. The molecule has 2 rings (SSSR count). The standard InChI is InChI=1S/C8H8OS/c1(2-8-5-9-8)7-3-4-10-6-7/h1-4,6,8H,5H2/b2-1+. The Labute approximate surface area is 63.9 Å². The molecule has 1 aromatic rings. The molecule has 0 amide bonds. The molecule has 0 bridgehead atoms. The van der Waals surface area contributed by atoms with E-state index >= 15 is 0 Å². The van der Waals surface area contributed by atoms with Crippen LogP contribution in [0.25, 0.3) is 6.08 Å². The van der Waals surface area contributed by atoms with E-state index in [1.54, 1.807) is 11.3 Å². The third-order valence-electron chi connectivity index (χ3n) is 1.41. The highest BCUT2D eigenvalue weighted by molar-refractivity contribution is 7.08. The van der Waals surface area contributed by atoms with Gasteiger partial charge in [-0.3, -0.25) is 0 Å². The molecule has 0 N–H and O–H groups in total. The summed E-state index contributed by atoms with van der Waals surface area (Å²) in [6.45, 7) is 0.903. The van der Waals surface area contributed by atoms with Gasteiger partial charge in [-0.2, -0.15) is 11.3 Å². The van der Waals surface area contributed by atoms with E-state index < -0.39 is 0 Å². The van der Waals surface area contributed by atoms with Crippen molar-refractivity contribution in [2.75, 3.05) is 6.61 Å². The monoisotopic (exact) mass is 152 g/mol. The van der Waals surface area contributed by atoms with Crippen molar-refractivity contribution < 1.29 is 4.74 Å². The van der Waals surface area contributed by atoms with Crippen LogP contribution in [0.5, 0.6) is 0 Å². The second kappa shape index (κ2) is 2.56. The van der Waals surface area contributed by atoms with E-state index in [1.807, 2.05) is 0 Å². The van der Waals surface area contributed by atoms with E-state index in [0.29, 0.717) is 6.10 Å². The van der Waals surface area contributed by atoms with Crippen LogP contribution >= 0.6 is 11.3 Å². The summed E-state index contributed by atoms with van der Waals surface area (Å²) in [4.78, 5) is 0. The van der Waals surface area contributed by atoms with Gasteiger partial charge in [-0.05, 0) is 22.4 Å². The molecule has 1 fully saturated rings. The number of thiophene rings is 1. The minimum absolute atomic E-state index is 0.403. The van der Waals surface area contributed by atoms with Crippen molar-refractivity contribution in [1.29, 1.82) is 0 Å². The normalized spacial score (nSPS) is 23.8. The highest BCUT2D eigenvalue weighted by atomic mass is 32.1. The Morgan fingerprint density at radius 1 is 1.70 bits per heavy atom. The molecule has 0 spiro atoms. The Morgan fingerprint density at radius 2 is 2.60 bits per heavy atom. The average molecular weight is 152 g/mol. The first kappa shape index (κ1) is 6.13. The second-order valence-electron chi connectivity index (χ2n) is 2.29. The topological polar surface area (TPSA) is 12.5 Å². The van der Waals surface area contributed by atoms with Gasteiger partial charge in [0.05, 0.1) is 12.7 Å². The molecule has 52 valence electrons. The van der Waals surface area contributed by atoms with Gasteiger partial charge in [0.2, 0.25) is 0 Å². The summed E-state index contributed by atoms with van der Waals surface area (Å²) in [6.07, 6.45) is 4.61. The van der Waals surface area contributed by atoms with Gasteiger partial charge in [0.25, 0.3) is 0 Å². The second-order valence-corrected chi connectivity index (χ2v) is 3.07. The average Bonchev–Trinajstić information content (AvgIpc) is 2.63. The first-order valence-electron chi connectivity index (χ1n) is 3.27. The number of hydrogen-bond acceptors (Lipinski definition) is 2. The number of epoxide rings is 1. The fraction of sp³-hybridized carbons (Fsp3) is 0.250. The van der Waals surface area contributed by atoms with Crippen LogP contribution in [-0.2, 0) is 4.74 Å². The minimum atomic E-state index is 0.403. The summed E-state index contributed by atoms with van der Waals surface area (Å²) in [5.41, 5.74) is 1.28. The molecule has 1 aliphatic rings. The molecule has 2 heterocycles. The van der Waals surface area contributed by atoms with Gasteiger partial charge in [-0.1, -0.05) is 12.2 Å². The van der Waals surface area contributed by atoms with Gasteiger partial charge in [0.15, 0.2) is 0 Å². The van der Waals surface area contributed by atoms with E-state index in [2.05, 4.69) is 29.0 Å². The van der Waals surface area contributed by atoms with Crippen LogP contribution in [0.4, 0.5) is 0 Å². The SMILES string of the molecule is C(=C\C1CO1)/c1ccsc1. The number of rotatable bonds is 2.